The van der Waals surface area contributed by atoms with Crippen molar-refractivity contribution in [2.45, 2.75) is 48.8 Å². The smallest absolute Gasteiger partial charge is 0.341 e. The molecule has 0 amide bonds. The van der Waals surface area contributed by atoms with Gasteiger partial charge in [0.1, 0.15) is 11.5 Å². The lowest BCUT2D eigenvalue weighted by Crippen LogP contribution is -2.79. The van der Waals surface area contributed by atoms with Gasteiger partial charge in [-0.05, 0) is 30.7 Å². The van der Waals surface area contributed by atoms with Crippen molar-refractivity contribution in [3.8, 4) is 11.5 Å². The molecule has 6 aliphatic rings. The molecule has 0 saturated carbocycles. The second-order valence-corrected chi connectivity index (χ2v) is 12.5. The molecule has 2 atom stereocenters. The Kier molecular flexibility index (Phi) is 6.41. The molecule has 4 aromatic carbocycles. The minimum atomic E-state index is -1.73. The van der Waals surface area contributed by atoms with Gasteiger partial charge in [-0.2, -0.15) is 0 Å². The summed E-state index contributed by atoms with van der Waals surface area (Å²) >= 11 is 0. The highest BCUT2D eigenvalue weighted by atomic mass is 31.2. The number of rotatable bonds is 10. The van der Waals surface area contributed by atoms with Gasteiger partial charge < -0.3 is 9.47 Å². The summed E-state index contributed by atoms with van der Waals surface area (Å²) in [5.74, 6) is -1.89. The van der Waals surface area contributed by atoms with Crippen LogP contribution in [0, 0.1) is 0 Å². The first-order valence-corrected chi connectivity index (χ1v) is 16.1. The third-order valence-electron chi connectivity index (χ3n) is 8.07. The summed E-state index contributed by atoms with van der Waals surface area (Å²) in [5, 5.41) is 0. The lowest BCUT2D eigenvalue weighted by Gasteiger charge is -2.59. The summed E-state index contributed by atoms with van der Waals surface area (Å²) in [4.78, 5) is 0. The Bertz CT molecular complexity index is 1490. The topological polar surface area (TPSA) is 73.8 Å². The monoisotopic (exact) mass is 602 g/mol. The molecule has 214 valence electrons. The van der Waals surface area contributed by atoms with E-state index in [-0.39, 0.29) is 0 Å². The minimum Gasteiger partial charge on any atom is -0.476 e. The first-order valence-electron chi connectivity index (χ1n) is 13.9. The highest BCUT2D eigenvalue weighted by Crippen LogP contribution is 2.85. The molecule has 0 radical (unpaired) electrons. The molecule has 10 heteroatoms. The van der Waals surface area contributed by atoms with Gasteiger partial charge in [-0.25, -0.2) is 0 Å². The van der Waals surface area contributed by atoms with Gasteiger partial charge in [0.15, 0.2) is 0 Å². The number of para-hydroxylation sites is 2. The Labute approximate surface area is 246 Å². The van der Waals surface area contributed by atoms with E-state index < -0.39 is 46.3 Å². The first-order chi connectivity index (χ1) is 20.6. The van der Waals surface area contributed by atoms with E-state index in [1.54, 1.807) is 0 Å². The van der Waals surface area contributed by atoms with E-state index in [0.29, 0.717) is 24.3 Å². The SMILES string of the molecule is CCCC(Oc1ccccc1)(C(Oc1ccccc1)(c1ccccc1)c1ccccc1)C12OP(OC13OP1OC3O1)O2. The summed E-state index contributed by atoms with van der Waals surface area (Å²) < 4.78 is 52.7. The van der Waals surface area contributed by atoms with Crippen LogP contribution in [0.4, 0.5) is 0 Å². The molecular formula is C32H28O8P2. The second kappa shape index (κ2) is 10.1. The van der Waals surface area contributed by atoms with Crippen LogP contribution >= 0.6 is 17.2 Å². The van der Waals surface area contributed by atoms with Crippen molar-refractivity contribution in [3.63, 3.8) is 0 Å². The zero-order chi connectivity index (χ0) is 28.3. The number of hydrogen-bond donors (Lipinski definition) is 0. The van der Waals surface area contributed by atoms with E-state index in [0.717, 1.165) is 11.1 Å². The lowest BCUT2D eigenvalue weighted by molar-refractivity contribution is -0.377. The predicted molar refractivity (Wildman–Crippen MR) is 155 cm³/mol. The van der Waals surface area contributed by atoms with Gasteiger partial charge in [0.05, 0.1) is 0 Å². The molecule has 4 aromatic rings. The quantitative estimate of drug-likeness (QED) is 0.169. The van der Waals surface area contributed by atoms with E-state index in [1.165, 1.54) is 0 Å². The first kappa shape index (κ1) is 26.7. The van der Waals surface area contributed by atoms with E-state index >= 15 is 0 Å². The fourth-order valence-corrected chi connectivity index (χ4v) is 9.14. The maximum absolute atomic E-state index is 7.35. The van der Waals surface area contributed by atoms with Crippen LogP contribution in [0.5, 0.6) is 11.5 Å². The van der Waals surface area contributed by atoms with Crippen molar-refractivity contribution < 1.29 is 36.6 Å². The zero-order valence-corrected chi connectivity index (χ0v) is 24.5. The van der Waals surface area contributed by atoms with Gasteiger partial charge >= 0.3 is 17.2 Å². The van der Waals surface area contributed by atoms with E-state index in [2.05, 4.69) is 6.92 Å². The standard InChI is InChI=1S/C32H28O8P2/c1-2-23-29(33-26-19-11-5-12-20-26,32-31(38-42(39-32)40-32)28-35-41(36-28)37-31)30(24-15-7-3-8-16-24,25-17-9-4-10-18-25)34-27-21-13-6-14-22-27/h3-22,28H,2,23H2,1H3. The van der Waals surface area contributed by atoms with E-state index in [9.17, 15) is 0 Å². The molecule has 42 heavy (non-hydrogen) atoms. The molecule has 6 saturated heterocycles. The Morgan fingerprint density at radius 1 is 0.619 bits per heavy atom. The Morgan fingerprint density at radius 2 is 1.10 bits per heavy atom. The summed E-state index contributed by atoms with van der Waals surface area (Å²) in [7, 11) is -3.33. The molecule has 4 bridgehead atoms. The predicted octanol–water partition coefficient (Wildman–Crippen LogP) is 7.95. The molecule has 0 aliphatic carbocycles. The van der Waals surface area contributed by atoms with Gasteiger partial charge in [-0.15, -0.1) is 0 Å². The zero-order valence-electron chi connectivity index (χ0n) is 22.7. The second-order valence-electron chi connectivity index (χ2n) is 10.5. The van der Waals surface area contributed by atoms with Crippen LogP contribution in [0.1, 0.15) is 30.9 Å². The molecule has 6 aliphatic heterocycles. The van der Waals surface area contributed by atoms with Crippen molar-refractivity contribution in [1.82, 2.24) is 0 Å². The fraction of sp³-hybridized carbons (Fsp3) is 0.250. The van der Waals surface area contributed by atoms with Gasteiger partial charge in [-0.1, -0.05) is 110 Å². The Morgan fingerprint density at radius 3 is 1.57 bits per heavy atom. The molecule has 6 heterocycles. The van der Waals surface area contributed by atoms with Crippen LogP contribution in [0.25, 0.3) is 0 Å². The van der Waals surface area contributed by atoms with Crippen molar-refractivity contribution in [2.24, 2.45) is 0 Å². The molecule has 0 N–H and O–H groups in total. The lowest BCUT2D eigenvalue weighted by atomic mass is 9.64. The van der Waals surface area contributed by atoms with Crippen molar-refractivity contribution in [2.75, 3.05) is 0 Å². The summed E-state index contributed by atoms with van der Waals surface area (Å²) in [6.07, 6.45) is 0.256. The van der Waals surface area contributed by atoms with Crippen molar-refractivity contribution in [3.05, 3.63) is 132 Å². The number of hydrogen-bond acceptors (Lipinski definition) is 8. The van der Waals surface area contributed by atoms with Gasteiger partial charge in [0.25, 0.3) is 11.6 Å². The van der Waals surface area contributed by atoms with Gasteiger partial charge in [-0.3, -0.25) is 27.1 Å². The van der Waals surface area contributed by atoms with Crippen molar-refractivity contribution >= 4 is 17.2 Å². The maximum Gasteiger partial charge on any atom is 0.341 e. The summed E-state index contributed by atoms with van der Waals surface area (Å²) in [6, 6.07) is 39.5. The molecule has 2 unspecified atom stereocenters. The van der Waals surface area contributed by atoms with Crippen LogP contribution in [-0.4, -0.2) is 23.5 Å². The molecule has 8 nitrogen and oxygen atoms in total. The normalized spacial score (nSPS) is 30.3. The summed E-state index contributed by atoms with van der Waals surface area (Å²) in [5.41, 5.74) is -1.15. The number of benzene rings is 4. The molecular weight excluding hydrogens is 574 g/mol. The average Bonchev–Trinajstić information content (AvgIpc) is 3.74. The van der Waals surface area contributed by atoms with Crippen LogP contribution in [0.3, 0.4) is 0 Å². The largest absolute Gasteiger partial charge is 0.476 e. The highest BCUT2D eigenvalue weighted by Gasteiger charge is 2.94. The molecule has 6 fully saturated rings. The minimum absolute atomic E-state index is 0.417. The summed E-state index contributed by atoms with van der Waals surface area (Å²) in [6.45, 7) is 2.10. The van der Waals surface area contributed by atoms with E-state index in [1.807, 2.05) is 121 Å². The average molecular weight is 603 g/mol. The van der Waals surface area contributed by atoms with Crippen LogP contribution in [0.2, 0.25) is 0 Å². The maximum atomic E-state index is 7.35. The molecule has 1 spiro atoms. The van der Waals surface area contributed by atoms with Gasteiger partial charge in [0, 0.05) is 11.1 Å². The fourth-order valence-electron chi connectivity index (χ4n) is 6.40. The number of ether oxygens (including phenoxy) is 2. The van der Waals surface area contributed by atoms with Crippen LogP contribution in [0.15, 0.2) is 121 Å². The third kappa shape index (κ3) is 3.59. The highest BCUT2D eigenvalue weighted by molar-refractivity contribution is 7.45. The third-order valence-corrected chi connectivity index (χ3v) is 10.5. The molecule has 0 aromatic heterocycles. The van der Waals surface area contributed by atoms with Crippen LogP contribution < -0.4 is 9.47 Å². The molecule has 10 rings (SSSR count). The Hall–Kier alpha value is -2.90. The van der Waals surface area contributed by atoms with Crippen LogP contribution in [-0.2, 0) is 32.7 Å². The van der Waals surface area contributed by atoms with Gasteiger partial charge in [0.2, 0.25) is 17.5 Å². The van der Waals surface area contributed by atoms with E-state index in [4.69, 9.17) is 36.6 Å². The van der Waals surface area contributed by atoms with Crippen molar-refractivity contribution in [1.29, 1.82) is 0 Å². The Balaban J connectivity index is 1.48.